The van der Waals surface area contributed by atoms with Crippen molar-refractivity contribution in [3.63, 3.8) is 0 Å². The molecule has 4 nitrogen and oxygen atoms in total. The largest absolute Gasteiger partial charge is 0.441 e. The van der Waals surface area contributed by atoms with Crippen molar-refractivity contribution in [3.05, 3.63) is 36.1 Å². The molecule has 1 aromatic carbocycles. The molecule has 0 spiro atoms. The van der Waals surface area contributed by atoms with E-state index in [-0.39, 0.29) is 0 Å². The van der Waals surface area contributed by atoms with E-state index in [0.29, 0.717) is 5.89 Å². The molecule has 0 aliphatic heterocycles. The van der Waals surface area contributed by atoms with E-state index < -0.39 is 0 Å². The lowest BCUT2D eigenvalue weighted by Gasteiger charge is -1.95. The number of aromatic amines is 1. The standard InChI is InChI=1S/C12H11N3O/c1-7-13-6-11(14-7)9-3-4-12-10(5-9)15-8(2)16-12/h3-6H,1-2H3,(H,13,14). The van der Waals surface area contributed by atoms with Crippen LogP contribution in [0.5, 0.6) is 0 Å². The molecular weight excluding hydrogens is 202 g/mol. The number of fused-ring (bicyclic) bond motifs is 1. The van der Waals surface area contributed by atoms with Gasteiger partial charge in [0.25, 0.3) is 0 Å². The molecule has 0 atom stereocenters. The zero-order valence-corrected chi connectivity index (χ0v) is 9.11. The Hall–Kier alpha value is -2.10. The summed E-state index contributed by atoms with van der Waals surface area (Å²) in [6.07, 6.45) is 1.82. The molecule has 3 aromatic rings. The van der Waals surface area contributed by atoms with Crippen molar-refractivity contribution in [3.8, 4) is 11.3 Å². The zero-order chi connectivity index (χ0) is 11.1. The first-order valence-corrected chi connectivity index (χ1v) is 5.11. The van der Waals surface area contributed by atoms with E-state index in [0.717, 1.165) is 28.2 Å². The first-order valence-electron chi connectivity index (χ1n) is 5.11. The fraction of sp³-hybridized carbons (Fsp3) is 0.167. The number of imidazole rings is 1. The maximum Gasteiger partial charge on any atom is 0.192 e. The number of aryl methyl sites for hydroxylation is 2. The van der Waals surface area contributed by atoms with E-state index in [1.807, 2.05) is 38.2 Å². The second kappa shape index (κ2) is 3.20. The van der Waals surface area contributed by atoms with Crippen LogP contribution >= 0.6 is 0 Å². The molecule has 0 radical (unpaired) electrons. The lowest BCUT2D eigenvalue weighted by Crippen LogP contribution is -1.78. The smallest absolute Gasteiger partial charge is 0.192 e. The maximum atomic E-state index is 5.43. The third kappa shape index (κ3) is 1.39. The molecule has 16 heavy (non-hydrogen) atoms. The molecule has 2 aromatic heterocycles. The Morgan fingerprint density at radius 1 is 1.25 bits per heavy atom. The second-order valence-corrected chi connectivity index (χ2v) is 3.80. The van der Waals surface area contributed by atoms with Gasteiger partial charge in [-0.25, -0.2) is 9.97 Å². The van der Waals surface area contributed by atoms with Gasteiger partial charge in [0.2, 0.25) is 0 Å². The highest BCUT2D eigenvalue weighted by Gasteiger charge is 2.05. The monoisotopic (exact) mass is 213 g/mol. The molecule has 0 saturated carbocycles. The van der Waals surface area contributed by atoms with Crippen molar-refractivity contribution < 1.29 is 4.42 Å². The van der Waals surface area contributed by atoms with E-state index in [4.69, 9.17) is 4.42 Å². The highest BCUT2D eigenvalue weighted by molar-refractivity contribution is 5.79. The highest BCUT2D eigenvalue weighted by atomic mass is 16.3. The van der Waals surface area contributed by atoms with Gasteiger partial charge >= 0.3 is 0 Å². The molecule has 80 valence electrons. The van der Waals surface area contributed by atoms with Crippen LogP contribution in [-0.2, 0) is 0 Å². The number of aromatic nitrogens is 3. The summed E-state index contributed by atoms with van der Waals surface area (Å²) in [5, 5.41) is 0. The van der Waals surface area contributed by atoms with Gasteiger partial charge in [-0.05, 0) is 25.1 Å². The summed E-state index contributed by atoms with van der Waals surface area (Å²) in [5.74, 6) is 1.60. The molecule has 0 fully saturated rings. The number of H-pyrrole nitrogens is 1. The predicted molar refractivity (Wildman–Crippen MR) is 61.1 cm³/mol. The maximum absolute atomic E-state index is 5.43. The summed E-state index contributed by atoms with van der Waals surface area (Å²) in [6.45, 7) is 3.78. The summed E-state index contributed by atoms with van der Waals surface area (Å²) < 4.78 is 5.43. The molecule has 0 aliphatic carbocycles. The quantitative estimate of drug-likeness (QED) is 0.676. The number of rotatable bonds is 1. The predicted octanol–water partition coefficient (Wildman–Crippen LogP) is 2.83. The van der Waals surface area contributed by atoms with Gasteiger partial charge in [-0.1, -0.05) is 0 Å². The van der Waals surface area contributed by atoms with Gasteiger partial charge in [-0.15, -0.1) is 0 Å². The molecule has 1 N–H and O–H groups in total. The molecule has 4 heteroatoms. The summed E-state index contributed by atoms with van der Waals surface area (Å²) in [7, 11) is 0. The number of oxazole rings is 1. The molecule has 0 aliphatic rings. The summed E-state index contributed by atoms with van der Waals surface area (Å²) >= 11 is 0. The minimum Gasteiger partial charge on any atom is -0.441 e. The van der Waals surface area contributed by atoms with E-state index in [9.17, 15) is 0 Å². The number of benzene rings is 1. The zero-order valence-electron chi connectivity index (χ0n) is 9.11. The molecule has 0 saturated heterocycles. The third-order valence-electron chi connectivity index (χ3n) is 2.51. The number of nitrogens with zero attached hydrogens (tertiary/aromatic N) is 2. The summed E-state index contributed by atoms with van der Waals surface area (Å²) in [4.78, 5) is 11.7. The van der Waals surface area contributed by atoms with Crippen LogP contribution in [0.2, 0.25) is 0 Å². The Bertz CT molecular complexity index is 651. The lowest BCUT2D eigenvalue weighted by atomic mass is 10.1. The SMILES string of the molecule is Cc1ncc(-c2ccc3oc(C)nc3c2)[nH]1. The fourth-order valence-electron chi connectivity index (χ4n) is 1.78. The van der Waals surface area contributed by atoms with Crippen LogP contribution in [0.3, 0.4) is 0 Å². The van der Waals surface area contributed by atoms with Gasteiger partial charge in [0, 0.05) is 12.5 Å². The Morgan fingerprint density at radius 3 is 2.88 bits per heavy atom. The highest BCUT2D eigenvalue weighted by Crippen LogP contribution is 2.23. The van der Waals surface area contributed by atoms with Gasteiger partial charge in [-0.2, -0.15) is 0 Å². The Balaban J connectivity index is 2.17. The van der Waals surface area contributed by atoms with Gasteiger partial charge in [0.05, 0.1) is 11.9 Å². The number of nitrogens with one attached hydrogen (secondary N) is 1. The Kier molecular flexibility index (Phi) is 1.83. The Morgan fingerprint density at radius 2 is 2.12 bits per heavy atom. The minimum absolute atomic E-state index is 0.688. The van der Waals surface area contributed by atoms with Crippen LogP contribution in [0.25, 0.3) is 22.4 Å². The van der Waals surface area contributed by atoms with Crippen LogP contribution in [0.15, 0.2) is 28.8 Å². The third-order valence-corrected chi connectivity index (χ3v) is 2.51. The van der Waals surface area contributed by atoms with Gasteiger partial charge < -0.3 is 9.40 Å². The average Bonchev–Trinajstić information content (AvgIpc) is 2.81. The fourth-order valence-corrected chi connectivity index (χ4v) is 1.78. The van der Waals surface area contributed by atoms with E-state index >= 15 is 0 Å². The minimum atomic E-state index is 0.688. The molecule has 2 heterocycles. The van der Waals surface area contributed by atoms with Crippen LogP contribution in [0.1, 0.15) is 11.7 Å². The van der Waals surface area contributed by atoms with Crippen molar-refractivity contribution >= 4 is 11.1 Å². The van der Waals surface area contributed by atoms with Crippen molar-refractivity contribution in [2.75, 3.05) is 0 Å². The van der Waals surface area contributed by atoms with E-state index in [1.54, 1.807) is 0 Å². The van der Waals surface area contributed by atoms with Crippen molar-refractivity contribution in [1.82, 2.24) is 15.0 Å². The van der Waals surface area contributed by atoms with Gasteiger partial charge in [0.1, 0.15) is 11.3 Å². The van der Waals surface area contributed by atoms with Gasteiger partial charge in [-0.3, -0.25) is 0 Å². The average molecular weight is 213 g/mol. The molecule has 3 rings (SSSR count). The van der Waals surface area contributed by atoms with Crippen molar-refractivity contribution in [1.29, 1.82) is 0 Å². The van der Waals surface area contributed by atoms with Gasteiger partial charge in [0.15, 0.2) is 11.5 Å². The molecule has 0 unspecified atom stereocenters. The molecule has 0 bridgehead atoms. The second-order valence-electron chi connectivity index (χ2n) is 3.80. The molecular formula is C12H11N3O. The van der Waals surface area contributed by atoms with Crippen molar-refractivity contribution in [2.24, 2.45) is 0 Å². The molecule has 0 amide bonds. The number of hydrogen-bond donors (Lipinski definition) is 1. The number of hydrogen-bond acceptors (Lipinski definition) is 3. The summed E-state index contributed by atoms with van der Waals surface area (Å²) in [6, 6.07) is 5.93. The Labute approximate surface area is 92.3 Å². The van der Waals surface area contributed by atoms with Crippen LogP contribution in [0.4, 0.5) is 0 Å². The lowest BCUT2D eigenvalue weighted by molar-refractivity contribution is 0.561. The first-order chi connectivity index (χ1) is 7.72. The van der Waals surface area contributed by atoms with E-state index in [1.165, 1.54) is 0 Å². The van der Waals surface area contributed by atoms with Crippen molar-refractivity contribution in [2.45, 2.75) is 13.8 Å². The summed E-state index contributed by atoms with van der Waals surface area (Å²) in [5.41, 5.74) is 3.76. The van der Waals surface area contributed by atoms with Crippen LogP contribution < -0.4 is 0 Å². The first kappa shape index (κ1) is 9.15. The van der Waals surface area contributed by atoms with Crippen LogP contribution in [0, 0.1) is 13.8 Å². The van der Waals surface area contributed by atoms with E-state index in [2.05, 4.69) is 15.0 Å². The topological polar surface area (TPSA) is 54.7 Å². The van der Waals surface area contributed by atoms with Crippen LogP contribution in [-0.4, -0.2) is 15.0 Å². The normalized spacial score (nSPS) is 11.1.